The van der Waals surface area contributed by atoms with Gasteiger partial charge < -0.3 is 0 Å². The van der Waals surface area contributed by atoms with Crippen molar-refractivity contribution in [2.75, 3.05) is 0 Å². The molecule has 3 aliphatic carbocycles. The molecule has 0 aromatic heterocycles. The zero-order valence-electron chi connectivity index (χ0n) is 35.5. The molecule has 0 bridgehead atoms. The van der Waals surface area contributed by atoms with Crippen molar-refractivity contribution in [1.82, 2.24) is 0 Å². The summed E-state index contributed by atoms with van der Waals surface area (Å²) < 4.78 is 0. The van der Waals surface area contributed by atoms with E-state index in [9.17, 15) is 0 Å². The predicted octanol–water partition coefficient (Wildman–Crippen LogP) is 15.9. The highest BCUT2D eigenvalue weighted by molar-refractivity contribution is 5.96. The molecule has 0 saturated carbocycles. The lowest BCUT2D eigenvalue weighted by molar-refractivity contribution is 0.771. The Balaban J connectivity index is 1.01. The van der Waals surface area contributed by atoms with E-state index in [-0.39, 0.29) is 11.8 Å². The standard InChI is InChI=1S/C64H44/c1-3-19-42(20-4-1)43-37-39-45(40-38-43)57(48-25-8-7-24-47(48)44-21-5-2-6-22-44)41-46-23-17-32-55-61(46)52-29-9-10-30-53(52)62(55)56-33-18-31-54-51-28-13-16-36-60(51)64(63(54)56)58-34-14-11-26-49(58)50-27-12-15-35-59(50)64/h1-40,57,62H,41H2. The molecule has 0 heterocycles. The Morgan fingerprint density at radius 2 is 0.797 bits per heavy atom. The first-order valence-corrected chi connectivity index (χ1v) is 22.7. The Morgan fingerprint density at radius 3 is 1.47 bits per heavy atom. The van der Waals surface area contributed by atoms with Crippen molar-refractivity contribution in [3.05, 3.63) is 298 Å². The van der Waals surface area contributed by atoms with E-state index < -0.39 is 5.41 Å². The molecule has 0 radical (unpaired) electrons. The summed E-state index contributed by atoms with van der Waals surface area (Å²) in [4.78, 5) is 0. The fourth-order valence-electron chi connectivity index (χ4n) is 12.1. The third-order valence-corrected chi connectivity index (χ3v) is 14.7. The number of benzene rings is 10. The van der Waals surface area contributed by atoms with Gasteiger partial charge in [-0.25, -0.2) is 0 Å². The normalized spacial score (nSPS) is 14.8. The van der Waals surface area contributed by atoms with Gasteiger partial charge in [-0.2, -0.15) is 0 Å². The first-order chi connectivity index (χ1) is 31.8. The molecule has 0 heteroatoms. The molecule has 2 atom stereocenters. The van der Waals surface area contributed by atoms with Crippen molar-refractivity contribution in [2.45, 2.75) is 23.7 Å². The third kappa shape index (κ3) is 5.36. The predicted molar refractivity (Wildman–Crippen MR) is 265 cm³/mol. The van der Waals surface area contributed by atoms with Gasteiger partial charge in [0.2, 0.25) is 0 Å². The minimum Gasteiger partial charge on any atom is -0.0622 e. The molecule has 2 unspecified atom stereocenters. The van der Waals surface area contributed by atoms with Gasteiger partial charge in [0.05, 0.1) is 5.41 Å². The lowest BCUT2D eigenvalue weighted by Crippen LogP contribution is -2.28. The smallest absolute Gasteiger partial charge is 0.0622 e. The maximum atomic E-state index is 2.45. The summed E-state index contributed by atoms with van der Waals surface area (Å²) in [5.41, 5.74) is 26.5. The van der Waals surface area contributed by atoms with Gasteiger partial charge in [0.1, 0.15) is 0 Å². The SMILES string of the molecule is c1ccc(-c2ccc(C(Cc3cccc4c3-c3ccccc3C4c3cccc4c3C3(c5ccccc5-c5ccccc53)c3ccccc3-4)c3ccccc3-c3ccccc3)cc2)cc1. The first kappa shape index (κ1) is 36.8. The van der Waals surface area contributed by atoms with E-state index >= 15 is 0 Å². The first-order valence-electron chi connectivity index (χ1n) is 22.7. The Bertz CT molecular complexity index is 3350. The fraction of sp³-hybridized carbons (Fsp3) is 0.0625. The van der Waals surface area contributed by atoms with E-state index in [0.29, 0.717) is 0 Å². The summed E-state index contributed by atoms with van der Waals surface area (Å²) in [5.74, 6) is 0.177. The molecule has 0 aliphatic heterocycles. The van der Waals surface area contributed by atoms with Crippen LogP contribution >= 0.6 is 0 Å². The maximum Gasteiger partial charge on any atom is 0.0728 e. The van der Waals surface area contributed by atoms with Gasteiger partial charge in [-0.1, -0.05) is 243 Å². The Morgan fingerprint density at radius 1 is 0.328 bits per heavy atom. The molecule has 0 saturated heterocycles. The highest BCUT2D eigenvalue weighted by Gasteiger charge is 2.53. The van der Waals surface area contributed by atoms with Crippen LogP contribution in [0.15, 0.2) is 243 Å². The molecular formula is C64H44. The summed E-state index contributed by atoms with van der Waals surface area (Å²) in [6, 6.07) is 91.2. The molecular weight excluding hydrogens is 769 g/mol. The second-order valence-electron chi connectivity index (χ2n) is 17.8. The van der Waals surface area contributed by atoms with E-state index in [0.717, 1.165) is 6.42 Å². The highest BCUT2D eigenvalue weighted by Crippen LogP contribution is 2.65. The Hall–Kier alpha value is -7.80. The van der Waals surface area contributed by atoms with Crippen LogP contribution in [0.3, 0.4) is 0 Å². The van der Waals surface area contributed by atoms with Gasteiger partial charge >= 0.3 is 0 Å². The number of rotatable bonds is 7. The summed E-state index contributed by atoms with van der Waals surface area (Å²) in [6.45, 7) is 0. The molecule has 3 aliphatic rings. The van der Waals surface area contributed by atoms with Crippen molar-refractivity contribution in [3.8, 4) is 55.6 Å². The fourth-order valence-corrected chi connectivity index (χ4v) is 12.1. The van der Waals surface area contributed by atoms with Crippen LogP contribution in [-0.4, -0.2) is 0 Å². The quantitative estimate of drug-likeness (QED) is 0.150. The van der Waals surface area contributed by atoms with E-state index in [1.807, 2.05) is 0 Å². The van der Waals surface area contributed by atoms with Crippen molar-refractivity contribution in [3.63, 3.8) is 0 Å². The molecule has 0 nitrogen and oxygen atoms in total. The lowest BCUT2D eigenvalue weighted by Gasteiger charge is -2.33. The van der Waals surface area contributed by atoms with Gasteiger partial charge in [-0.15, -0.1) is 0 Å². The zero-order chi connectivity index (χ0) is 42.2. The van der Waals surface area contributed by atoms with Crippen LogP contribution in [0.25, 0.3) is 55.6 Å². The van der Waals surface area contributed by atoms with Crippen molar-refractivity contribution in [1.29, 1.82) is 0 Å². The minimum absolute atomic E-state index is 0.0624. The largest absolute Gasteiger partial charge is 0.0728 e. The van der Waals surface area contributed by atoms with Gasteiger partial charge in [0.25, 0.3) is 0 Å². The van der Waals surface area contributed by atoms with Gasteiger partial charge in [-0.3, -0.25) is 0 Å². The summed E-state index contributed by atoms with van der Waals surface area (Å²) >= 11 is 0. The second kappa shape index (κ2) is 14.7. The van der Waals surface area contributed by atoms with Crippen LogP contribution < -0.4 is 0 Å². The molecule has 300 valence electrons. The number of hydrogen-bond donors (Lipinski definition) is 0. The molecule has 1 spiro atoms. The average molecular weight is 813 g/mol. The van der Waals surface area contributed by atoms with Crippen LogP contribution in [0.2, 0.25) is 0 Å². The lowest BCUT2D eigenvalue weighted by atomic mass is 9.67. The van der Waals surface area contributed by atoms with Crippen molar-refractivity contribution < 1.29 is 0 Å². The zero-order valence-corrected chi connectivity index (χ0v) is 35.5. The Labute approximate surface area is 375 Å². The minimum atomic E-state index is -0.427. The van der Waals surface area contributed by atoms with Gasteiger partial charge in [0, 0.05) is 11.8 Å². The number of hydrogen-bond acceptors (Lipinski definition) is 0. The van der Waals surface area contributed by atoms with Gasteiger partial charge in [-0.05, 0) is 118 Å². The highest BCUT2D eigenvalue weighted by atomic mass is 14.5. The average Bonchev–Trinajstić information content (AvgIpc) is 3.99. The topological polar surface area (TPSA) is 0 Å². The second-order valence-corrected chi connectivity index (χ2v) is 17.8. The Kier molecular flexibility index (Phi) is 8.43. The summed E-state index contributed by atoms with van der Waals surface area (Å²) in [6.07, 6.45) is 0.863. The maximum absolute atomic E-state index is 2.45. The van der Waals surface area contributed by atoms with Crippen LogP contribution in [0.1, 0.15) is 67.5 Å². The molecule has 0 N–H and O–H groups in total. The van der Waals surface area contributed by atoms with Crippen LogP contribution in [0, 0.1) is 0 Å². The molecule has 10 aromatic rings. The molecule has 0 amide bonds. The van der Waals surface area contributed by atoms with Crippen LogP contribution in [0.4, 0.5) is 0 Å². The van der Waals surface area contributed by atoms with E-state index in [1.165, 1.54) is 111 Å². The molecule has 13 rings (SSSR count). The molecule has 10 aromatic carbocycles. The van der Waals surface area contributed by atoms with Crippen molar-refractivity contribution >= 4 is 0 Å². The molecule has 0 fully saturated rings. The monoisotopic (exact) mass is 812 g/mol. The van der Waals surface area contributed by atoms with Gasteiger partial charge in [0.15, 0.2) is 0 Å². The third-order valence-electron chi connectivity index (χ3n) is 14.7. The number of fused-ring (bicyclic) bond motifs is 13. The summed E-state index contributed by atoms with van der Waals surface area (Å²) in [5, 5.41) is 0. The van der Waals surface area contributed by atoms with E-state index in [4.69, 9.17) is 0 Å². The van der Waals surface area contributed by atoms with Crippen LogP contribution in [0.5, 0.6) is 0 Å². The summed E-state index contributed by atoms with van der Waals surface area (Å²) in [7, 11) is 0. The van der Waals surface area contributed by atoms with E-state index in [1.54, 1.807) is 0 Å². The van der Waals surface area contributed by atoms with Crippen molar-refractivity contribution in [2.24, 2.45) is 0 Å². The molecule has 64 heavy (non-hydrogen) atoms. The van der Waals surface area contributed by atoms with E-state index in [2.05, 4.69) is 243 Å². The van der Waals surface area contributed by atoms with Crippen LogP contribution in [-0.2, 0) is 11.8 Å².